The summed E-state index contributed by atoms with van der Waals surface area (Å²) in [7, 11) is 0. The van der Waals surface area contributed by atoms with Crippen LogP contribution in [0.3, 0.4) is 0 Å². The Morgan fingerprint density at radius 3 is 2.64 bits per heavy atom. The Kier molecular flexibility index (Phi) is 5.10. The number of nitrogens with zero attached hydrogens (tertiary/aromatic N) is 3. The summed E-state index contributed by atoms with van der Waals surface area (Å²) in [6, 6.07) is 15.4. The van der Waals surface area contributed by atoms with Crippen molar-refractivity contribution in [1.82, 2.24) is 14.7 Å². The molecule has 0 radical (unpaired) electrons. The number of fused-ring (bicyclic) bond motifs is 1. The van der Waals surface area contributed by atoms with Crippen LogP contribution in [0.5, 0.6) is 0 Å². The van der Waals surface area contributed by atoms with Crippen molar-refractivity contribution in [2.75, 3.05) is 18.4 Å². The van der Waals surface area contributed by atoms with E-state index in [9.17, 15) is 9.59 Å². The largest absolute Gasteiger partial charge is 0.337 e. The number of rotatable bonds is 5. The molecule has 2 heterocycles. The number of anilines is 1. The molecule has 0 bridgehead atoms. The maximum absolute atomic E-state index is 12.9. The van der Waals surface area contributed by atoms with Gasteiger partial charge in [0, 0.05) is 24.2 Å². The van der Waals surface area contributed by atoms with Crippen LogP contribution in [0.2, 0.25) is 0 Å². The summed E-state index contributed by atoms with van der Waals surface area (Å²) >= 11 is 0. The van der Waals surface area contributed by atoms with Gasteiger partial charge in [-0.05, 0) is 43.0 Å². The smallest absolute Gasteiger partial charge is 0.275 e. The average Bonchev–Trinajstić information content (AvgIpc) is 3.36. The van der Waals surface area contributed by atoms with Crippen molar-refractivity contribution in [2.24, 2.45) is 0 Å². The number of para-hydroxylation sites is 1. The summed E-state index contributed by atoms with van der Waals surface area (Å²) in [5, 5.41) is 8.23. The monoisotopic (exact) mass is 376 g/mol. The Labute approximate surface area is 164 Å². The van der Waals surface area contributed by atoms with Crippen LogP contribution in [0.4, 0.5) is 5.69 Å². The van der Waals surface area contributed by atoms with E-state index in [-0.39, 0.29) is 18.4 Å². The van der Waals surface area contributed by atoms with Gasteiger partial charge in [0.15, 0.2) is 5.69 Å². The number of carbonyl (C=O) groups excluding carboxylic acids is 2. The van der Waals surface area contributed by atoms with E-state index in [1.165, 1.54) is 5.56 Å². The molecule has 0 spiro atoms. The molecule has 3 aromatic rings. The summed E-state index contributed by atoms with van der Waals surface area (Å²) in [5.41, 5.74) is 3.16. The number of hydrogen-bond acceptors (Lipinski definition) is 3. The number of aromatic nitrogens is 2. The molecule has 4 rings (SSSR count). The number of nitrogens with one attached hydrogen (secondary N) is 1. The standard InChI is InChI=1S/C22H24N4O2/c1-2-16-8-7-9-17(14-16)23-20(27)15-26-19-11-4-3-10-18(19)21(24-26)22(28)25-12-5-6-13-25/h3-4,7-11,14H,2,5-6,12-13,15H2,1H3,(H,23,27). The number of carbonyl (C=O) groups is 2. The highest BCUT2D eigenvalue weighted by Crippen LogP contribution is 2.22. The molecule has 2 aromatic carbocycles. The lowest BCUT2D eigenvalue weighted by atomic mass is 10.1. The number of benzene rings is 2. The van der Waals surface area contributed by atoms with Gasteiger partial charge < -0.3 is 10.2 Å². The second kappa shape index (κ2) is 7.84. The van der Waals surface area contributed by atoms with Crippen molar-refractivity contribution in [2.45, 2.75) is 32.7 Å². The van der Waals surface area contributed by atoms with E-state index in [1.54, 1.807) is 4.68 Å². The topological polar surface area (TPSA) is 67.2 Å². The highest BCUT2D eigenvalue weighted by molar-refractivity contribution is 6.05. The van der Waals surface area contributed by atoms with Gasteiger partial charge in [0.1, 0.15) is 6.54 Å². The number of amides is 2. The molecule has 144 valence electrons. The van der Waals surface area contributed by atoms with E-state index in [0.29, 0.717) is 5.69 Å². The van der Waals surface area contributed by atoms with Gasteiger partial charge in [0.05, 0.1) is 5.52 Å². The second-order valence-electron chi connectivity index (χ2n) is 7.12. The molecule has 0 saturated carbocycles. The quantitative estimate of drug-likeness (QED) is 0.741. The van der Waals surface area contributed by atoms with Crippen LogP contribution in [0.15, 0.2) is 48.5 Å². The Hall–Kier alpha value is -3.15. The molecule has 1 fully saturated rings. The van der Waals surface area contributed by atoms with E-state index < -0.39 is 0 Å². The van der Waals surface area contributed by atoms with Crippen LogP contribution >= 0.6 is 0 Å². The lowest BCUT2D eigenvalue weighted by molar-refractivity contribution is -0.116. The first kappa shape index (κ1) is 18.2. The summed E-state index contributed by atoms with van der Waals surface area (Å²) < 4.78 is 1.62. The minimum atomic E-state index is -0.165. The third-order valence-electron chi connectivity index (χ3n) is 5.17. The van der Waals surface area contributed by atoms with Crippen molar-refractivity contribution in [3.63, 3.8) is 0 Å². The molecule has 0 atom stereocenters. The molecule has 0 unspecified atom stereocenters. The molecule has 28 heavy (non-hydrogen) atoms. The van der Waals surface area contributed by atoms with Crippen molar-refractivity contribution < 1.29 is 9.59 Å². The third kappa shape index (κ3) is 3.63. The predicted octanol–water partition coefficient (Wildman–Crippen LogP) is 3.47. The molecule has 1 saturated heterocycles. The van der Waals surface area contributed by atoms with E-state index in [2.05, 4.69) is 17.3 Å². The van der Waals surface area contributed by atoms with Gasteiger partial charge in [-0.15, -0.1) is 0 Å². The summed E-state index contributed by atoms with van der Waals surface area (Å²) in [5.74, 6) is -0.217. The van der Waals surface area contributed by atoms with Crippen LogP contribution in [0, 0.1) is 0 Å². The van der Waals surface area contributed by atoms with E-state index >= 15 is 0 Å². The molecule has 1 aliphatic rings. The van der Waals surface area contributed by atoms with Crippen molar-refractivity contribution in [3.8, 4) is 0 Å². The maximum atomic E-state index is 12.9. The van der Waals surface area contributed by atoms with E-state index in [1.807, 2.05) is 53.4 Å². The zero-order valence-corrected chi connectivity index (χ0v) is 16.0. The number of likely N-dealkylation sites (tertiary alicyclic amines) is 1. The molecule has 1 aromatic heterocycles. The van der Waals surface area contributed by atoms with Crippen molar-refractivity contribution >= 4 is 28.4 Å². The van der Waals surface area contributed by atoms with Gasteiger partial charge in [-0.1, -0.05) is 37.3 Å². The number of aryl methyl sites for hydroxylation is 1. The third-order valence-corrected chi connectivity index (χ3v) is 5.17. The fourth-order valence-electron chi connectivity index (χ4n) is 3.68. The highest BCUT2D eigenvalue weighted by atomic mass is 16.2. The van der Waals surface area contributed by atoms with Gasteiger partial charge in [0.2, 0.25) is 5.91 Å². The molecule has 6 nitrogen and oxygen atoms in total. The summed E-state index contributed by atoms with van der Waals surface area (Å²) in [4.78, 5) is 27.3. The molecule has 0 aliphatic carbocycles. The second-order valence-corrected chi connectivity index (χ2v) is 7.12. The SMILES string of the molecule is CCc1cccc(NC(=O)Cn2nc(C(=O)N3CCCC3)c3ccccc32)c1. The Bertz CT molecular complexity index is 1020. The Balaban J connectivity index is 1.58. The van der Waals surface area contributed by atoms with E-state index in [4.69, 9.17) is 0 Å². The van der Waals surface area contributed by atoms with Gasteiger partial charge in [-0.25, -0.2) is 0 Å². The first-order valence-electron chi connectivity index (χ1n) is 9.79. The zero-order chi connectivity index (χ0) is 19.5. The molecule has 6 heteroatoms. The van der Waals surface area contributed by atoms with Crippen LogP contribution in [-0.2, 0) is 17.8 Å². The molecular formula is C22H24N4O2. The fraction of sp³-hybridized carbons (Fsp3) is 0.318. The Morgan fingerprint density at radius 1 is 1.07 bits per heavy atom. The first-order chi connectivity index (χ1) is 13.7. The van der Waals surface area contributed by atoms with Gasteiger partial charge in [-0.3, -0.25) is 14.3 Å². The minimum absolute atomic E-state index is 0.0523. The normalized spacial score (nSPS) is 13.8. The number of hydrogen-bond donors (Lipinski definition) is 1. The maximum Gasteiger partial charge on any atom is 0.275 e. The Morgan fingerprint density at radius 2 is 1.86 bits per heavy atom. The van der Waals surface area contributed by atoms with Crippen molar-refractivity contribution in [1.29, 1.82) is 0 Å². The minimum Gasteiger partial charge on any atom is -0.337 e. The molecule has 2 amide bonds. The van der Waals surface area contributed by atoms with Crippen LogP contribution in [-0.4, -0.2) is 39.6 Å². The molecule has 1 aliphatic heterocycles. The predicted molar refractivity (Wildman–Crippen MR) is 109 cm³/mol. The van der Waals surface area contributed by atoms with Gasteiger partial charge in [0.25, 0.3) is 5.91 Å². The molecule has 1 N–H and O–H groups in total. The summed E-state index contributed by atoms with van der Waals surface area (Å²) in [6.45, 7) is 3.68. The van der Waals surface area contributed by atoms with Crippen molar-refractivity contribution in [3.05, 3.63) is 59.8 Å². The van der Waals surface area contributed by atoms with Crippen LogP contribution in [0.1, 0.15) is 35.8 Å². The zero-order valence-electron chi connectivity index (χ0n) is 16.0. The first-order valence-corrected chi connectivity index (χ1v) is 9.79. The van der Waals surface area contributed by atoms with E-state index in [0.717, 1.165) is 48.9 Å². The van der Waals surface area contributed by atoms with Crippen LogP contribution in [0.25, 0.3) is 10.9 Å². The lowest BCUT2D eigenvalue weighted by Gasteiger charge is -2.13. The van der Waals surface area contributed by atoms with Crippen LogP contribution < -0.4 is 5.32 Å². The summed E-state index contributed by atoms with van der Waals surface area (Å²) in [6.07, 6.45) is 2.97. The van der Waals surface area contributed by atoms with Gasteiger partial charge >= 0.3 is 0 Å². The fourth-order valence-corrected chi connectivity index (χ4v) is 3.68. The average molecular weight is 376 g/mol. The lowest BCUT2D eigenvalue weighted by Crippen LogP contribution is -2.28. The highest BCUT2D eigenvalue weighted by Gasteiger charge is 2.25. The molecular weight excluding hydrogens is 352 g/mol. The van der Waals surface area contributed by atoms with Gasteiger partial charge in [-0.2, -0.15) is 5.10 Å².